The molecule has 0 aliphatic carbocycles. The van der Waals surface area contributed by atoms with E-state index in [1.807, 2.05) is 30.3 Å². The van der Waals surface area contributed by atoms with E-state index in [0.717, 1.165) is 5.56 Å². The summed E-state index contributed by atoms with van der Waals surface area (Å²) >= 11 is 0. The number of carbonyl (C=O) groups is 2. The van der Waals surface area contributed by atoms with E-state index in [-0.39, 0.29) is 11.7 Å². The lowest BCUT2D eigenvalue weighted by molar-refractivity contribution is -0.143. The first-order valence-corrected chi connectivity index (χ1v) is 4.84. The molecule has 0 aromatic heterocycles. The number of hydrogen-bond donors (Lipinski definition) is 0. The third-order valence-corrected chi connectivity index (χ3v) is 2.31. The van der Waals surface area contributed by atoms with Gasteiger partial charge in [-0.2, -0.15) is 0 Å². The zero-order valence-corrected chi connectivity index (χ0v) is 9.23. The molecule has 0 heterocycles. The summed E-state index contributed by atoms with van der Waals surface area (Å²) in [6, 6.07) is 9.31. The van der Waals surface area contributed by atoms with Crippen molar-refractivity contribution in [3.8, 4) is 0 Å². The highest BCUT2D eigenvalue weighted by molar-refractivity contribution is 6.37. The van der Waals surface area contributed by atoms with Gasteiger partial charge in [0.15, 0.2) is 0 Å². The number of amides is 1. The topological polar surface area (TPSA) is 37.4 Å². The number of hydrogen-bond acceptors (Lipinski definition) is 2. The summed E-state index contributed by atoms with van der Waals surface area (Å²) in [6.07, 6.45) is 0. The molecule has 1 rings (SSSR count). The van der Waals surface area contributed by atoms with E-state index >= 15 is 0 Å². The van der Waals surface area contributed by atoms with Crippen molar-refractivity contribution >= 4 is 11.7 Å². The maximum absolute atomic E-state index is 11.7. The van der Waals surface area contributed by atoms with E-state index in [0.29, 0.717) is 0 Å². The molecule has 0 N–H and O–H groups in total. The summed E-state index contributed by atoms with van der Waals surface area (Å²) in [5.74, 6) is -1.20. The molecule has 3 nitrogen and oxygen atoms in total. The predicted molar refractivity (Wildman–Crippen MR) is 58.6 cm³/mol. The van der Waals surface area contributed by atoms with Crippen molar-refractivity contribution in [2.45, 2.75) is 12.8 Å². The van der Waals surface area contributed by atoms with Crippen molar-refractivity contribution in [2.75, 3.05) is 14.1 Å². The van der Waals surface area contributed by atoms with Crippen molar-refractivity contribution in [1.82, 2.24) is 4.90 Å². The first-order chi connectivity index (χ1) is 7.04. The fourth-order valence-corrected chi connectivity index (χ4v) is 1.30. The molecule has 0 fully saturated rings. The summed E-state index contributed by atoms with van der Waals surface area (Å²) in [6.45, 7) is 1.75. The number of likely N-dealkylation sites (N-methyl/N-ethyl adjacent to an activating group) is 1. The van der Waals surface area contributed by atoms with Gasteiger partial charge in [-0.3, -0.25) is 9.59 Å². The van der Waals surface area contributed by atoms with E-state index in [9.17, 15) is 9.59 Å². The molecule has 0 aliphatic heterocycles. The van der Waals surface area contributed by atoms with E-state index in [4.69, 9.17) is 0 Å². The maximum Gasteiger partial charge on any atom is 0.290 e. The Morgan fingerprint density at radius 2 is 1.67 bits per heavy atom. The first-order valence-electron chi connectivity index (χ1n) is 4.84. The van der Waals surface area contributed by atoms with E-state index in [1.54, 1.807) is 21.0 Å². The summed E-state index contributed by atoms with van der Waals surface area (Å²) in [5, 5.41) is 0. The molecule has 1 atom stereocenters. The normalized spacial score (nSPS) is 11.9. The second-order valence-electron chi connectivity index (χ2n) is 3.70. The van der Waals surface area contributed by atoms with Crippen LogP contribution in [0.2, 0.25) is 0 Å². The summed E-state index contributed by atoms with van der Waals surface area (Å²) in [7, 11) is 3.16. The second-order valence-corrected chi connectivity index (χ2v) is 3.70. The minimum absolute atomic E-state index is 0.369. The Morgan fingerprint density at radius 3 is 2.13 bits per heavy atom. The van der Waals surface area contributed by atoms with Crippen molar-refractivity contribution in [3.63, 3.8) is 0 Å². The molecule has 0 saturated carbocycles. The lowest BCUT2D eigenvalue weighted by atomic mass is 9.96. The average molecular weight is 205 g/mol. The largest absolute Gasteiger partial charge is 0.342 e. The molecule has 15 heavy (non-hydrogen) atoms. The fraction of sp³-hybridized carbons (Fsp3) is 0.333. The highest BCUT2D eigenvalue weighted by Crippen LogP contribution is 2.16. The standard InChI is InChI=1S/C12H15NO2/c1-9(10-7-5-4-6-8-10)11(14)12(15)13(2)3/h4-9H,1-3H3/t9-/m1/s1. The highest BCUT2D eigenvalue weighted by Gasteiger charge is 2.23. The van der Waals surface area contributed by atoms with Gasteiger partial charge in [-0.1, -0.05) is 37.3 Å². The van der Waals surface area contributed by atoms with Crippen LogP contribution in [0.3, 0.4) is 0 Å². The molecule has 0 saturated heterocycles. The Bertz CT molecular complexity index is 357. The molecular weight excluding hydrogens is 190 g/mol. The molecule has 0 unspecified atom stereocenters. The molecule has 80 valence electrons. The average Bonchev–Trinajstić information content (AvgIpc) is 2.27. The minimum atomic E-state index is -0.452. The van der Waals surface area contributed by atoms with Gasteiger partial charge in [0.2, 0.25) is 5.78 Å². The van der Waals surface area contributed by atoms with Gasteiger partial charge in [-0.15, -0.1) is 0 Å². The molecule has 3 heteroatoms. The van der Waals surface area contributed by atoms with E-state index < -0.39 is 5.91 Å². The van der Waals surface area contributed by atoms with Gasteiger partial charge >= 0.3 is 0 Å². The van der Waals surface area contributed by atoms with Crippen molar-refractivity contribution in [1.29, 1.82) is 0 Å². The summed E-state index contributed by atoms with van der Waals surface area (Å²) < 4.78 is 0. The van der Waals surface area contributed by atoms with Gasteiger partial charge in [0, 0.05) is 20.0 Å². The van der Waals surface area contributed by atoms with Crippen LogP contribution in [0.1, 0.15) is 18.4 Å². The summed E-state index contributed by atoms with van der Waals surface area (Å²) in [4.78, 5) is 24.4. The lowest BCUT2D eigenvalue weighted by Gasteiger charge is -2.13. The number of benzene rings is 1. The van der Waals surface area contributed by atoms with Gasteiger partial charge in [-0.25, -0.2) is 0 Å². The quantitative estimate of drug-likeness (QED) is 0.700. The molecule has 1 aromatic carbocycles. The van der Waals surface area contributed by atoms with Crippen LogP contribution >= 0.6 is 0 Å². The van der Waals surface area contributed by atoms with Crippen molar-refractivity contribution in [3.05, 3.63) is 35.9 Å². The van der Waals surface area contributed by atoms with Crippen LogP contribution < -0.4 is 0 Å². The van der Waals surface area contributed by atoms with Gasteiger partial charge in [0.1, 0.15) is 0 Å². The lowest BCUT2D eigenvalue weighted by Crippen LogP contribution is -2.32. The molecule has 0 radical (unpaired) electrons. The monoisotopic (exact) mass is 205 g/mol. The number of carbonyl (C=O) groups excluding carboxylic acids is 2. The Morgan fingerprint density at radius 1 is 1.13 bits per heavy atom. The van der Waals surface area contributed by atoms with Crippen LogP contribution in [0.25, 0.3) is 0 Å². The van der Waals surface area contributed by atoms with Gasteiger partial charge < -0.3 is 4.90 Å². The summed E-state index contributed by atoms with van der Waals surface area (Å²) in [5.41, 5.74) is 0.873. The fourth-order valence-electron chi connectivity index (χ4n) is 1.30. The first kappa shape index (κ1) is 11.4. The molecule has 1 amide bonds. The molecule has 0 aliphatic rings. The molecule has 0 bridgehead atoms. The van der Waals surface area contributed by atoms with Crippen molar-refractivity contribution in [2.24, 2.45) is 0 Å². The van der Waals surface area contributed by atoms with Crippen LogP contribution in [-0.2, 0) is 9.59 Å². The van der Waals surface area contributed by atoms with Crippen LogP contribution in [0.4, 0.5) is 0 Å². The minimum Gasteiger partial charge on any atom is -0.342 e. The number of Topliss-reactive ketones (excluding diaryl/α,β-unsaturated/α-hetero) is 1. The third kappa shape index (κ3) is 2.65. The Hall–Kier alpha value is -1.64. The maximum atomic E-state index is 11.7. The van der Waals surface area contributed by atoms with Crippen LogP contribution in [-0.4, -0.2) is 30.7 Å². The SMILES string of the molecule is C[C@@H](C(=O)C(=O)N(C)C)c1ccccc1. The van der Waals surface area contributed by atoms with E-state index in [2.05, 4.69) is 0 Å². The third-order valence-electron chi connectivity index (χ3n) is 2.31. The van der Waals surface area contributed by atoms with Crippen molar-refractivity contribution < 1.29 is 9.59 Å². The van der Waals surface area contributed by atoms with E-state index in [1.165, 1.54) is 4.90 Å². The van der Waals surface area contributed by atoms with Gasteiger partial charge in [-0.05, 0) is 5.56 Å². The highest BCUT2D eigenvalue weighted by atomic mass is 16.2. The Kier molecular flexibility index (Phi) is 3.61. The zero-order chi connectivity index (χ0) is 11.4. The predicted octanol–water partition coefficient (Wildman–Crippen LogP) is 1.45. The second kappa shape index (κ2) is 4.73. The van der Waals surface area contributed by atoms with Crippen LogP contribution in [0.15, 0.2) is 30.3 Å². The zero-order valence-electron chi connectivity index (χ0n) is 9.23. The number of ketones is 1. The molecule has 0 spiro atoms. The number of nitrogens with zero attached hydrogens (tertiary/aromatic N) is 1. The van der Waals surface area contributed by atoms with Crippen LogP contribution in [0.5, 0.6) is 0 Å². The van der Waals surface area contributed by atoms with Gasteiger partial charge in [0.05, 0.1) is 0 Å². The Balaban J connectivity index is 2.82. The number of rotatable bonds is 3. The van der Waals surface area contributed by atoms with Gasteiger partial charge in [0.25, 0.3) is 5.91 Å². The smallest absolute Gasteiger partial charge is 0.290 e. The molecule has 1 aromatic rings. The molecular formula is C12H15NO2. The van der Waals surface area contributed by atoms with Crippen LogP contribution in [0, 0.1) is 0 Å². The Labute approximate surface area is 89.7 Å².